The molecule has 0 aliphatic carbocycles. The molecule has 0 saturated carbocycles. The van der Waals surface area contributed by atoms with Crippen LogP contribution in [0.5, 0.6) is 5.75 Å². The van der Waals surface area contributed by atoms with Gasteiger partial charge in [0.25, 0.3) is 5.17 Å². The monoisotopic (exact) mass is 331 g/mol. The van der Waals surface area contributed by atoms with Crippen molar-refractivity contribution in [3.05, 3.63) is 22.2 Å². The number of hydrogen-bond acceptors (Lipinski definition) is 4. The molecule has 18 heavy (non-hydrogen) atoms. The van der Waals surface area contributed by atoms with E-state index in [0.29, 0.717) is 0 Å². The van der Waals surface area contributed by atoms with Gasteiger partial charge in [-0.25, -0.2) is 0 Å². The van der Waals surface area contributed by atoms with Crippen molar-refractivity contribution in [2.75, 3.05) is 14.1 Å². The average molecular weight is 332 g/mol. The summed E-state index contributed by atoms with van der Waals surface area (Å²) in [6, 6.07) is 1.96. The minimum atomic E-state index is -4.93. The maximum absolute atomic E-state index is 12.8. The van der Waals surface area contributed by atoms with Gasteiger partial charge in [0.15, 0.2) is 0 Å². The molecule has 0 atom stereocenters. The average Bonchev–Trinajstić information content (AvgIpc) is 2.20. The third-order valence-corrected chi connectivity index (χ3v) is 3.84. The normalized spacial score (nSPS) is 11.2. The molecule has 100 valence electrons. The zero-order valence-electron chi connectivity index (χ0n) is 9.28. The van der Waals surface area contributed by atoms with Gasteiger partial charge in [0.2, 0.25) is 0 Å². The minimum Gasteiger partial charge on any atom is -0.430 e. The Hall–Kier alpha value is -0.630. The lowest BCUT2D eigenvalue weighted by atomic mass is 10.3. The first-order valence-corrected chi connectivity index (χ1v) is 7.00. The SMILES string of the molecule is CN(C)C(=S)Oc1cc(Cl)c(S(=O)(=O)F)cc1Cl. The second-order valence-electron chi connectivity index (χ2n) is 3.41. The molecule has 0 spiro atoms. The maximum Gasteiger partial charge on any atom is 0.333 e. The van der Waals surface area contributed by atoms with Gasteiger partial charge in [-0.05, 0) is 18.3 Å². The molecule has 9 heteroatoms. The van der Waals surface area contributed by atoms with Crippen LogP contribution in [0.3, 0.4) is 0 Å². The van der Waals surface area contributed by atoms with E-state index < -0.39 is 15.1 Å². The first-order chi connectivity index (χ1) is 8.12. The largest absolute Gasteiger partial charge is 0.430 e. The van der Waals surface area contributed by atoms with Gasteiger partial charge in [0.1, 0.15) is 10.6 Å². The number of thiocarbonyl (C=S) groups is 1. The van der Waals surface area contributed by atoms with E-state index in [2.05, 4.69) is 0 Å². The van der Waals surface area contributed by atoms with Crippen LogP contribution in [0.1, 0.15) is 0 Å². The van der Waals surface area contributed by atoms with Crippen molar-refractivity contribution in [1.82, 2.24) is 4.90 Å². The van der Waals surface area contributed by atoms with E-state index in [0.717, 1.165) is 12.1 Å². The Morgan fingerprint density at radius 3 is 2.33 bits per heavy atom. The van der Waals surface area contributed by atoms with Crippen LogP contribution in [0.2, 0.25) is 10.0 Å². The van der Waals surface area contributed by atoms with Gasteiger partial charge in [0.05, 0.1) is 10.0 Å². The van der Waals surface area contributed by atoms with E-state index in [1.165, 1.54) is 4.90 Å². The summed E-state index contributed by atoms with van der Waals surface area (Å²) in [7, 11) is -1.63. The third-order valence-electron chi connectivity index (χ3n) is 1.81. The molecular weight excluding hydrogens is 324 g/mol. The van der Waals surface area contributed by atoms with Crippen molar-refractivity contribution < 1.29 is 17.0 Å². The minimum absolute atomic E-state index is 0.0489. The van der Waals surface area contributed by atoms with Crippen LogP contribution in [0.4, 0.5) is 3.89 Å². The Kier molecular flexibility index (Phi) is 4.77. The molecule has 0 unspecified atom stereocenters. The molecule has 0 heterocycles. The van der Waals surface area contributed by atoms with Gasteiger partial charge in [-0.1, -0.05) is 23.2 Å². The van der Waals surface area contributed by atoms with Crippen LogP contribution < -0.4 is 4.74 Å². The summed E-state index contributed by atoms with van der Waals surface area (Å²) in [6.45, 7) is 0. The standard InChI is InChI=1S/C9H8Cl2FNO3S2/c1-13(2)9(17)16-7-3-6(11)8(4-5(7)10)18(12,14)15/h3-4H,1-2H3. The molecule has 1 aromatic carbocycles. The van der Waals surface area contributed by atoms with Crippen molar-refractivity contribution in [1.29, 1.82) is 0 Å². The molecular formula is C9H8Cl2FNO3S2. The number of ether oxygens (including phenoxy) is 1. The molecule has 0 aromatic heterocycles. The van der Waals surface area contributed by atoms with E-state index in [-0.39, 0.29) is 21.0 Å². The van der Waals surface area contributed by atoms with Crippen molar-refractivity contribution in [3.63, 3.8) is 0 Å². The van der Waals surface area contributed by atoms with Gasteiger partial charge in [-0.2, -0.15) is 8.42 Å². The molecule has 0 saturated heterocycles. The lowest BCUT2D eigenvalue weighted by Crippen LogP contribution is -2.25. The highest BCUT2D eigenvalue weighted by molar-refractivity contribution is 7.86. The highest BCUT2D eigenvalue weighted by atomic mass is 35.5. The second-order valence-corrected chi connectivity index (χ2v) is 5.89. The summed E-state index contributed by atoms with van der Waals surface area (Å²) in [5.41, 5.74) is 0. The zero-order valence-corrected chi connectivity index (χ0v) is 12.4. The lowest BCUT2D eigenvalue weighted by Gasteiger charge is -2.15. The van der Waals surface area contributed by atoms with Crippen LogP contribution in [-0.2, 0) is 10.2 Å². The summed E-state index contributed by atoms with van der Waals surface area (Å²) < 4.78 is 39.5. The molecule has 4 nitrogen and oxygen atoms in total. The topological polar surface area (TPSA) is 46.6 Å². The van der Waals surface area contributed by atoms with Crippen molar-refractivity contribution in [2.24, 2.45) is 0 Å². The van der Waals surface area contributed by atoms with Crippen molar-refractivity contribution in [2.45, 2.75) is 4.90 Å². The number of rotatable bonds is 2. The van der Waals surface area contributed by atoms with Crippen LogP contribution in [0, 0.1) is 0 Å². The Morgan fingerprint density at radius 2 is 1.89 bits per heavy atom. The Balaban J connectivity index is 3.20. The first kappa shape index (κ1) is 15.4. The summed E-state index contributed by atoms with van der Waals surface area (Å²) in [5.74, 6) is 0.0489. The molecule has 0 bridgehead atoms. The predicted octanol–water partition coefficient (Wildman–Crippen LogP) is 2.88. The second kappa shape index (κ2) is 5.56. The van der Waals surface area contributed by atoms with E-state index in [1.807, 2.05) is 0 Å². The lowest BCUT2D eigenvalue weighted by molar-refractivity contribution is 0.449. The van der Waals surface area contributed by atoms with Crippen LogP contribution >= 0.6 is 35.4 Å². The van der Waals surface area contributed by atoms with Crippen molar-refractivity contribution >= 4 is 50.8 Å². The fourth-order valence-corrected chi connectivity index (χ4v) is 2.30. The Morgan fingerprint density at radius 1 is 1.33 bits per heavy atom. The Bertz CT molecular complexity index is 590. The molecule has 0 aliphatic heterocycles. The van der Waals surface area contributed by atoms with Crippen LogP contribution in [-0.4, -0.2) is 32.6 Å². The summed E-state index contributed by atoms with van der Waals surface area (Å²) in [4.78, 5) is 0.789. The van der Waals surface area contributed by atoms with E-state index in [4.69, 9.17) is 40.2 Å². The van der Waals surface area contributed by atoms with E-state index >= 15 is 0 Å². The quantitative estimate of drug-likeness (QED) is 0.616. The Labute approximate surface area is 119 Å². The highest BCUT2D eigenvalue weighted by Crippen LogP contribution is 2.34. The smallest absolute Gasteiger partial charge is 0.333 e. The van der Waals surface area contributed by atoms with Crippen molar-refractivity contribution in [3.8, 4) is 5.75 Å². The summed E-state index contributed by atoms with van der Waals surface area (Å²) in [5, 5.41) is -0.345. The van der Waals surface area contributed by atoms with E-state index in [1.54, 1.807) is 14.1 Å². The highest BCUT2D eigenvalue weighted by Gasteiger charge is 2.20. The number of nitrogens with zero attached hydrogens (tertiary/aromatic N) is 1. The van der Waals surface area contributed by atoms with Gasteiger partial charge in [-0.3, -0.25) is 0 Å². The van der Waals surface area contributed by atoms with E-state index in [9.17, 15) is 12.3 Å². The molecule has 0 aliphatic rings. The number of benzene rings is 1. The van der Waals surface area contributed by atoms with Gasteiger partial charge < -0.3 is 9.64 Å². The summed E-state index contributed by atoms with van der Waals surface area (Å²) >= 11 is 16.3. The van der Waals surface area contributed by atoms with Gasteiger partial charge in [0, 0.05) is 20.2 Å². The fourth-order valence-electron chi connectivity index (χ4n) is 0.961. The first-order valence-electron chi connectivity index (χ1n) is 4.45. The molecule has 1 aromatic rings. The summed E-state index contributed by atoms with van der Waals surface area (Å²) in [6.07, 6.45) is 0. The molecule has 0 N–H and O–H groups in total. The molecule has 0 radical (unpaired) electrons. The zero-order chi connectivity index (χ0) is 14.1. The van der Waals surface area contributed by atoms with Crippen LogP contribution in [0.25, 0.3) is 0 Å². The van der Waals surface area contributed by atoms with Crippen LogP contribution in [0.15, 0.2) is 17.0 Å². The van der Waals surface area contributed by atoms with Gasteiger partial charge in [-0.15, -0.1) is 3.89 Å². The molecule has 0 fully saturated rings. The predicted molar refractivity (Wildman–Crippen MR) is 71.7 cm³/mol. The maximum atomic E-state index is 12.8. The van der Waals surface area contributed by atoms with Gasteiger partial charge >= 0.3 is 10.2 Å². The number of halogens is 3. The molecule has 0 amide bonds. The molecule has 1 rings (SSSR count). The fraction of sp³-hybridized carbons (Fsp3) is 0.222. The number of hydrogen-bond donors (Lipinski definition) is 0. The third kappa shape index (κ3) is 3.68.